The smallest absolute Gasteiger partial charge is 0.164 e. The Morgan fingerprint density at radius 3 is 2.56 bits per heavy atom. The highest BCUT2D eigenvalue weighted by Gasteiger charge is 2.44. The van der Waals surface area contributed by atoms with Crippen LogP contribution in [-0.2, 0) is 4.74 Å². The summed E-state index contributed by atoms with van der Waals surface area (Å²) < 4.78 is 7.17. The zero-order valence-corrected chi connectivity index (χ0v) is 13.0. The van der Waals surface area contributed by atoms with Crippen LogP contribution in [0.5, 0.6) is 0 Å². The maximum absolute atomic E-state index is 10.3. The first-order valence-electron chi connectivity index (χ1n) is 7.60. The van der Waals surface area contributed by atoms with Crippen LogP contribution in [0.15, 0.2) is 31.2 Å². The lowest BCUT2D eigenvalue weighted by molar-refractivity contribution is -0.0508. The van der Waals surface area contributed by atoms with E-state index in [1.165, 1.54) is 12.7 Å². The molecule has 1 saturated heterocycles. The molecule has 1 aliphatic heterocycles. The molecule has 25 heavy (non-hydrogen) atoms. The Labute approximate surface area is 141 Å². The molecule has 0 spiro atoms. The van der Waals surface area contributed by atoms with Crippen molar-refractivity contribution in [2.75, 3.05) is 12.3 Å². The monoisotopic (exact) mass is 344 g/mol. The first-order valence-corrected chi connectivity index (χ1v) is 7.60. The fraction of sp³-hybridized carbons (Fsp3) is 0.333. The molecule has 0 aromatic carbocycles. The quantitative estimate of drug-likeness (QED) is 0.472. The number of aliphatic hydroxyl groups excluding tert-OH is 3. The Kier molecular flexibility index (Phi) is 3.81. The molecule has 0 unspecified atom stereocenters. The molecular formula is C15H16N6O4. The van der Waals surface area contributed by atoms with Crippen LogP contribution in [0.25, 0.3) is 22.2 Å². The summed E-state index contributed by atoms with van der Waals surface area (Å²) >= 11 is 0. The Bertz CT molecular complexity index is 902. The highest BCUT2D eigenvalue weighted by Crippen LogP contribution is 2.37. The van der Waals surface area contributed by atoms with Gasteiger partial charge in [-0.3, -0.25) is 0 Å². The summed E-state index contributed by atoms with van der Waals surface area (Å²) in [5, 5.41) is 30.2. The predicted molar refractivity (Wildman–Crippen MR) is 86.0 cm³/mol. The van der Waals surface area contributed by atoms with E-state index in [0.717, 1.165) is 0 Å². The largest absolute Gasteiger partial charge is 0.394 e. The molecule has 0 bridgehead atoms. The lowest BCUT2D eigenvalue weighted by Crippen LogP contribution is -2.33. The fourth-order valence-electron chi connectivity index (χ4n) is 3.07. The zero-order valence-electron chi connectivity index (χ0n) is 13.0. The van der Waals surface area contributed by atoms with Crippen molar-refractivity contribution >= 4 is 16.9 Å². The molecule has 1 fully saturated rings. The van der Waals surface area contributed by atoms with Crippen LogP contribution < -0.4 is 5.73 Å². The molecule has 3 aromatic heterocycles. The lowest BCUT2D eigenvalue weighted by Gasteiger charge is -2.17. The van der Waals surface area contributed by atoms with Crippen molar-refractivity contribution in [3.8, 4) is 11.1 Å². The lowest BCUT2D eigenvalue weighted by atomic mass is 10.1. The number of hydrogen-bond donors (Lipinski definition) is 4. The van der Waals surface area contributed by atoms with Crippen molar-refractivity contribution in [2.24, 2.45) is 0 Å². The van der Waals surface area contributed by atoms with Crippen molar-refractivity contribution in [1.29, 1.82) is 0 Å². The molecule has 1 aliphatic rings. The summed E-state index contributed by atoms with van der Waals surface area (Å²) in [6, 6.07) is 0. The second kappa shape index (κ2) is 6.01. The van der Waals surface area contributed by atoms with Crippen molar-refractivity contribution in [3.63, 3.8) is 0 Å². The fourth-order valence-corrected chi connectivity index (χ4v) is 3.07. The van der Waals surface area contributed by atoms with Crippen LogP contribution in [0.1, 0.15) is 6.23 Å². The van der Waals surface area contributed by atoms with Gasteiger partial charge in [0.1, 0.15) is 42.4 Å². The van der Waals surface area contributed by atoms with Crippen LogP contribution in [-0.4, -0.2) is 64.7 Å². The van der Waals surface area contributed by atoms with Gasteiger partial charge in [0.25, 0.3) is 0 Å². The van der Waals surface area contributed by atoms with Gasteiger partial charge in [-0.1, -0.05) is 0 Å². The van der Waals surface area contributed by atoms with Gasteiger partial charge < -0.3 is 30.4 Å². The number of rotatable bonds is 3. The molecular weight excluding hydrogens is 328 g/mol. The maximum atomic E-state index is 10.3. The zero-order chi connectivity index (χ0) is 17.6. The first-order chi connectivity index (χ1) is 12.1. The molecule has 0 aliphatic carbocycles. The average molecular weight is 344 g/mol. The molecule has 0 radical (unpaired) electrons. The van der Waals surface area contributed by atoms with Crippen LogP contribution in [0.4, 0.5) is 5.82 Å². The Morgan fingerprint density at radius 1 is 1.12 bits per heavy atom. The molecule has 4 atom stereocenters. The minimum absolute atomic E-state index is 0.259. The third-order valence-corrected chi connectivity index (χ3v) is 4.30. The third kappa shape index (κ3) is 2.43. The number of ether oxygens (including phenoxy) is 1. The molecule has 0 saturated carbocycles. The summed E-state index contributed by atoms with van der Waals surface area (Å²) in [6.45, 7) is -0.412. The first kappa shape index (κ1) is 15.8. The van der Waals surface area contributed by atoms with Crippen LogP contribution in [0.3, 0.4) is 0 Å². The van der Waals surface area contributed by atoms with E-state index in [1.54, 1.807) is 23.2 Å². The second-order valence-electron chi connectivity index (χ2n) is 5.76. The van der Waals surface area contributed by atoms with Gasteiger partial charge in [0.2, 0.25) is 0 Å². The maximum Gasteiger partial charge on any atom is 0.164 e. The number of hydrogen-bond acceptors (Lipinski definition) is 9. The molecule has 0 amide bonds. The number of aromatic nitrogens is 5. The van der Waals surface area contributed by atoms with Crippen molar-refractivity contribution in [3.05, 3.63) is 31.2 Å². The normalized spacial score (nSPS) is 26.4. The summed E-state index contributed by atoms with van der Waals surface area (Å²) in [7, 11) is 0. The van der Waals surface area contributed by atoms with Gasteiger partial charge in [-0.15, -0.1) is 0 Å². The average Bonchev–Trinajstić information content (AvgIpc) is 3.15. The number of fused-ring (bicyclic) bond motifs is 1. The molecule has 10 heteroatoms. The van der Waals surface area contributed by atoms with E-state index in [0.29, 0.717) is 22.2 Å². The summed E-state index contributed by atoms with van der Waals surface area (Å²) in [4.78, 5) is 16.3. The van der Waals surface area contributed by atoms with E-state index in [1.807, 2.05) is 0 Å². The highest BCUT2D eigenvalue weighted by atomic mass is 16.6. The SMILES string of the molecule is Nc1ncnc2c1c(-c1cncnc1)cn2[C@@H]1O[C@H](CO)[C@@H](O)[C@H]1O. The van der Waals surface area contributed by atoms with E-state index in [9.17, 15) is 15.3 Å². The number of anilines is 1. The minimum Gasteiger partial charge on any atom is -0.394 e. The molecule has 4 heterocycles. The summed E-state index contributed by atoms with van der Waals surface area (Å²) in [5.41, 5.74) is 7.82. The van der Waals surface area contributed by atoms with E-state index < -0.39 is 31.1 Å². The number of nitrogens with zero attached hydrogens (tertiary/aromatic N) is 5. The van der Waals surface area contributed by atoms with Crippen molar-refractivity contribution in [2.45, 2.75) is 24.5 Å². The minimum atomic E-state index is -1.23. The third-order valence-electron chi connectivity index (χ3n) is 4.30. The van der Waals surface area contributed by atoms with Crippen molar-refractivity contribution < 1.29 is 20.1 Å². The Balaban J connectivity index is 1.90. The Hall–Kier alpha value is -2.66. The second-order valence-corrected chi connectivity index (χ2v) is 5.76. The van der Waals surface area contributed by atoms with Gasteiger partial charge in [-0.25, -0.2) is 19.9 Å². The molecule has 10 nitrogen and oxygen atoms in total. The van der Waals surface area contributed by atoms with Gasteiger partial charge in [0.05, 0.1) is 12.0 Å². The summed E-state index contributed by atoms with van der Waals surface area (Å²) in [5.74, 6) is 0.259. The van der Waals surface area contributed by atoms with E-state index in [2.05, 4.69) is 19.9 Å². The van der Waals surface area contributed by atoms with Gasteiger partial charge in [-0.2, -0.15) is 0 Å². The number of nitrogen functional groups attached to an aromatic ring is 1. The topological polar surface area (TPSA) is 152 Å². The standard InChI is InChI=1S/C15H16N6O4/c16-13-10-8(7-1-17-5-18-2-7)3-21(14(10)20-6-19-13)15-12(24)11(23)9(4-22)25-15/h1-3,5-6,9,11-12,15,22-24H,4H2,(H2,16,19,20)/t9-,11-,12-,15-/m1/s1. The Morgan fingerprint density at radius 2 is 1.88 bits per heavy atom. The number of nitrogens with two attached hydrogens (primary N) is 1. The predicted octanol–water partition coefficient (Wildman–Crippen LogP) is -0.918. The molecule has 5 N–H and O–H groups in total. The van der Waals surface area contributed by atoms with Gasteiger partial charge in [-0.05, 0) is 0 Å². The molecule has 4 rings (SSSR count). The highest BCUT2D eigenvalue weighted by molar-refractivity contribution is 6.00. The van der Waals surface area contributed by atoms with Gasteiger partial charge in [0, 0.05) is 29.7 Å². The van der Waals surface area contributed by atoms with E-state index in [-0.39, 0.29) is 5.82 Å². The number of aliphatic hydroxyl groups is 3. The molecule has 130 valence electrons. The van der Waals surface area contributed by atoms with Crippen LogP contribution in [0, 0.1) is 0 Å². The summed E-state index contributed by atoms with van der Waals surface area (Å²) in [6.07, 6.45) is 3.39. The van der Waals surface area contributed by atoms with Gasteiger partial charge in [0.15, 0.2) is 6.23 Å². The van der Waals surface area contributed by atoms with Crippen molar-refractivity contribution in [1.82, 2.24) is 24.5 Å². The molecule has 3 aromatic rings. The van der Waals surface area contributed by atoms with Crippen LogP contribution in [0.2, 0.25) is 0 Å². The van der Waals surface area contributed by atoms with Gasteiger partial charge >= 0.3 is 0 Å². The van der Waals surface area contributed by atoms with E-state index in [4.69, 9.17) is 10.5 Å². The van der Waals surface area contributed by atoms with Crippen LogP contribution >= 0.6 is 0 Å². The van der Waals surface area contributed by atoms with E-state index >= 15 is 0 Å².